The number of furan rings is 1. The van der Waals surface area contributed by atoms with Crippen molar-refractivity contribution in [2.45, 2.75) is 13.5 Å². The third-order valence-electron chi connectivity index (χ3n) is 3.54. The van der Waals surface area contributed by atoms with Gasteiger partial charge in [0.2, 0.25) is 0 Å². The van der Waals surface area contributed by atoms with Crippen molar-refractivity contribution in [3.8, 4) is 0 Å². The number of hydrogen-bond acceptors (Lipinski definition) is 4. The van der Waals surface area contributed by atoms with Crippen molar-refractivity contribution in [1.29, 1.82) is 0 Å². The quantitative estimate of drug-likeness (QED) is 0.580. The zero-order chi connectivity index (χ0) is 14.2. The van der Waals surface area contributed by atoms with Crippen molar-refractivity contribution in [2.75, 3.05) is 5.32 Å². The van der Waals surface area contributed by atoms with Gasteiger partial charge in [-0.05, 0) is 31.2 Å². The second-order valence-electron chi connectivity index (χ2n) is 5.03. The summed E-state index contributed by atoms with van der Waals surface area (Å²) < 4.78 is 6.78. The number of para-hydroxylation sites is 1. The smallest absolute Gasteiger partial charge is 0.134 e. The van der Waals surface area contributed by atoms with Gasteiger partial charge in [-0.3, -0.25) is 0 Å². The van der Waals surface area contributed by atoms with Gasteiger partial charge in [0.05, 0.1) is 21.5 Å². The van der Waals surface area contributed by atoms with Crippen LogP contribution in [0.15, 0.2) is 53.1 Å². The van der Waals surface area contributed by atoms with E-state index in [1.165, 1.54) is 15.6 Å². The maximum atomic E-state index is 5.56. The summed E-state index contributed by atoms with van der Waals surface area (Å²) in [6, 6.07) is 14.4. The van der Waals surface area contributed by atoms with Gasteiger partial charge < -0.3 is 9.73 Å². The minimum atomic E-state index is 0.750. The van der Waals surface area contributed by atoms with Crippen molar-refractivity contribution in [2.24, 2.45) is 0 Å². The van der Waals surface area contributed by atoms with Crippen molar-refractivity contribution < 1.29 is 4.42 Å². The number of aromatic nitrogens is 1. The highest BCUT2D eigenvalue weighted by Gasteiger charge is 2.06. The summed E-state index contributed by atoms with van der Waals surface area (Å²) in [5.74, 6) is 0. The molecule has 2 heterocycles. The SMILES string of the molecule is Cc1nc2ccc(NCc3coc4ccccc34)cc2s1. The number of hydrogen-bond donors (Lipinski definition) is 1. The first-order valence-electron chi connectivity index (χ1n) is 6.86. The van der Waals surface area contributed by atoms with Crippen LogP contribution in [0.1, 0.15) is 10.6 Å². The summed E-state index contributed by atoms with van der Waals surface area (Å²) in [6.45, 7) is 2.79. The zero-order valence-electron chi connectivity index (χ0n) is 11.6. The fourth-order valence-electron chi connectivity index (χ4n) is 2.52. The Balaban J connectivity index is 1.60. The van der Waals surface area contributed by atoms with Crippen molar-refractivity contribution in [3.63, 3.8) is 0 Å². The first-order valence-corrected chi connectivity index (χ1v) is 7.67. The number of aryl methyl sites for hydroxylation is 1. The summed E-state index contributed by atoms with van der Waals surface area (Å²) in [6.07, 6.45) is 1.83. The Kier molecular flexibility index (Phi) is 2.89. The first-order chi connectivity index (χ1) is 10.3. The summed E-state index contributed by atoms with van der Waals surface area (Å²) in [4.78, 5) is 4.48. The molecule has 4 rings (SSSR count). The molecule has 0 bridgehead atoms. The summed E-state index contributed by atoms with van der Waals surface area (Å²) in [5.41, 5.74) is 4.28. The topological polar surface area (TPSA) is 38.1 Å². The van der Waals surface area contributed by atoms with Crippen LogP contribution in [-0.4, -0.2) is 4.98 Å². The fourth-order valence-corrected chi connectivity index (χ4v) is 3.38. The highest BCUT2D eigenvalue weighted by atomic mass is 32.1. The van der Waals surface area contributed by atoms with Gasteiger partial charge in [0.15, 0.2) is 0 Å². The molecule has 104 valence electrons. The van der Waals surface area contributed by atoms with Crippen LogP contribution in [0.25, 0.3) is 21.2 Å². The van der Waals surface area contributed by atoms with Gasteiger partial charge in [-0.2, -0.15) is 0 Å². The number of nitrogens with one attached hydrogen (secondary N) is 1. The third-order valence-corrected chi connectivity index (χ3v) is 4.47. The van der Waals surface area contributed by atoms with Gasteiger partial charge in [-0.1, -0.05) is 18.2 Å². The molecule has 1 N–H and O–H groups in total. The average molecular weight is 294 g/mol. The molecule has 2 aromatic heterocycles. The van der Waals surface area contributed by atoms with Gasteiger partial charge in [-0.25, -0.2) is 4.98 Å². The van der Waals surface area contributed by atoms with Crippen LogP contribution < -0.4 is 5.32 Å². The van der Waals surface area contributed by atoms with Crippen LogP contribution in [0.3, 0.4) is 0 Å². The minimum absolute atomic E-state index is 0.750. The van der Waals surface area contributed by atoms with Gasteiger partial charge >= 0.3 is 0 Å². The van der Waals surface area contributed by atoms with E-state index < -0.39 is 0 Å². The van der Waals surface area contributed by atoms with E-state index in [0.29, 0.717) is 0 Å². The number of nitrogens with zero attached hydrogens (tertiary/aromatic N) is 1. The molecule has 0 aliphatic rings. The van der Waals surface area contributed by atoms with Crippen LogP contribution in [0, 0.1) is 6.92 Å². The fraction of sp³-hybridized carbons (Fsp3) is 0.118. The Morgan fingerprint density at radius 3 is 3.05 bits per heavy atom. The summed E-state index contributed by atoms with van der Waals surface area (Å²) in [7, 11) is 0. The number of thiazole rings is 1. The normalized spacial score (nSPS) is 11.3. The van der Waals surface area contributed by atoms with Gasteiger partial charge in [0.1, 0.15) is 5.58 Å². The molecule has 0 radical (unpaired) electrons. The highest BCUT2D eigenvalue weighted by molar-refractivity contribution is 7.18. The van der Waals surface area contributed by atoms with E-state index in [1.54, 1.807) is 11.3 Å². The van der Waals surface area contributed by atoms with Gasteiger partial charge in [-0.15, -0.1) is 11.3 Å². The predicted molar refractivity (Wildman–Crippen MR) is 87.9 cm³/mol. The van der Waals surface area contributed by atoms with E-state index in [0.717, 1.165) is 28.3 Å². The molecule has 21 heavy (non-hydrogen) atoms. The molecular weight excluding hydrogens is 280 g/mol. The Bertz CT molecular complexity index is 923. The second-order valence-corrected chi connectivity index (χ2v) is 6.26. The Morgan fingerprint density at radius 2 is 2.10 bits per heavy atom. The molecular formula is C17H14N2OS. The van der Waals surface area contributed by atoms with Crippen molar-refractivity contribution >= 4 is 38.2 Å². The summed E-state index contributed by atoms with van der Waals surface area (Å²) >= 11 is 1.72. The van der Waals surface area contributed by atoms with Crippen LogP contribution in [0.5, 0.6) is 0 Å². The molecule has 0 saturated carbocycles. The lowest BCUT2D eigenvalue weighted by Crippen LogP contribution is -1.98. The van der Waals surface area contributed by atoms with Gasteiger partial charge in [0.25, 0.3) is 0 Å². The van der Waals surface area contributed by atoms with E-state index in [9.17, 15) is 0 Å². The van der Waals surface area contributed by atoms with Crippen molar-refractivity contribution in [1.82, 2.24) is 4.98 Å². The molecule has 4 aromatic rings. The third kappa shape index (κ3) is 2.28. The lowest BCUT2D eigenvalue weighted by atomic mass is 10.2. The largest absolute Gasteiger partial charge is 0.464 e. The molecule has 3 nitrogen and oxygen atoms in total. The van der Waals surface area contributed by atoms with E-state index in [2.05, 4.69) is 34.6 Å². The van der Waals surface area contributed by atoms with Crippen molar-refractivity contribution in [3.05, 3.63) is 59.3 Å². The Labute approximate surface area is 126 Å². The van der Waals surface area contributed by atoms with Crippen LogP contribution >= 0.6 is 11.3 Å². The molecule has 0 spiro atoms. The lowest BCUT2D eigenvalue weighted by molar-refractivity contribution is 0.611. The zero-order valence-corrected chi connectivity index (χ0v) is 12.4. The molecule has 4 heteroatoms. The van der Waals surface area contributed by atoms with E-state index in [4.69, 9.17) is 4.42 Å². The number of benzene rings is 2. The van der Waals surface area contributed by atoms with Crippen LogP contribution in [0.2, 0.25) is 0 Å². The molecule has 2 aromatic carbocycles. The van der Waals surface area contributed by atoms with E-state index in [1.807, 2.05) is 31.4 Å². The van der Waals surface area contributed by atoms with Crippen LogP contribution in [0.4, 0.5) is 5.69 Å². The second kappa shape index (κ2) is 4.90. The predicted octanol–water partition coefficient (Wildman–Crippen LogP) is 4.96. The number of fused-ring (bicyclic) bond motifs is 2. The molecule has 0 atom stereocenters. The monoisotopic (exact) mass is 294 g/mol. The molecule has 0 fully saturated rings. The molecule has 0 aliphatic heterocycles. The lowest BCUT2D eigenvalue weighted by Gasteiger charge is -2.05. The molecule has 0 aliphatic carbocycles. The average Bonchev–Trinajstić information content (AvgIpc) is 3.07. The standard InChI is InChI=1S/C17H14N2OS/c1-11-19-15-7-6-13(8-17(15)21-11)18-9-12-10-20-16-5-3-2-4-14(12)16/h2-8,10,18H,9H2,1H3. The maximum Gasteiger partial charge on any atom is 0.134 e. The maximum absolute atomic E-state index is 5.56. The first kappa shape index (κ1) is 12.4. The minimum Gasteiger partial charge on any atom is -0.464 e. The molecule has 0 saturated heterocycles. The van der Waals surface area contributed by atoms with Crippen LogP contribution in [-0.2, 0) is 6.54 Å². The summed E-state index contributed by atoms with van der Waals surface area (Å²) in [5, 5.41) is 5.73. The number of rotatable bonds is 3. The molecule has 0 amide bonds. The number of anilines is 1. The van der Waals surface area contributed by atoms with E-state index >= 15 is 0 Å². The highest BCUT2D eigenvalue weighted by Crippen LogP contribution is 2.26. The van der Waals surface area contributed by atoms with E-state index in [-0.39, 0.29) is 0 Å². The van der Waals surface area contributed by atoms with Gasteiger partial charge in [0, 0.05) is 23.2 Å². The molecule has 0 unspecified atom stereocenters. The Morgan fingerprint density at radius 1 is 1.19 bits per heavy atom. The Hall–Kier alpha value is -2.33.